The van der Waals surface area contributed by atoms with Gasteiger partial charge in [-0.15, -0.1) is 0 Å². The fraction of sp³-hybridized carbons (Fsp3) is 0.273. The van der Waals surface area contributed by atoms with Crippen molar-refractivity contribution in [2.75, 3.05) is 6.54 Å². The van der Waals surface area contributed by atoms with Gasteiger partial charge in [-0.2, -0.15) is 5.26 Å². The Kier molecular flexibility index (Phi) is 2.66. The molecule has 0 radical (unpaired) electrons. The Morgan fingerprint density at radius 1 is 1.47 bits per heavy atom. The number of nitriles is 1. The number of aromatic nitrogens is 2. The second-order valence-electron chi connectivity index (χ2n) is 3.31. The van der Waals surface area contributed by atoms with E-state index in [0.717, 1.165) is 23.5 Å². The molecule has 0 aromatic carbocycles. The predicted octanol–water partition coefficient (Wildman–Crippen LogP) is 0.902. The second-order valence-corrected chi connectivity index (χ2v) is 3.31. The molecule has 2 rings (SSSR count). The Morgan fingerprint density at radius 2 is 2.33 bits per heavy atom. The summed E-state index contributed by atoms with van der Waals surface area (Å²) in [6, 6.07) is 7.96. The summed E-state index contributed by atoms with van der Waals surface area (Å²) < 4.78 is 1.95. The summed E-state index contributed by atoms with van der Waals surface area (Å²) in [6.07, 6.45) is 3.02. The molecule has 0 spiro atoms. The molecule has 4 nitrogen and oxygen atoms in total. The van der Waals surface area contributed by atoms with Crippen molar-refractivity contribution < 1.29 is 0 Å². The number of nitrogens with two attached hydrogens (primary N) is 1. The van der Waals surface area contributed by atoms with Crippen molar-refractivity contribution in [1.29, 1.82) is 5.26 Å². The zero-order valence-corrected chi connectivity index (χ0v) is 8.35. The van der Waals surface area contributed by atoms with Gasteiger partial charge >= 0.3 is 0 Å². The molecule has 0 aliphatic carbocycles. The molecule has 0 amide bonds. The Bertz CT molecular complexity index is 507. The summed E-state index contributed by atoms with van der Waals surface area (Å²) in [5.74, 6) is 0. The predicted molar refractivity (Wildman–Crippen MR) is 57.3 cm³/mol. The van der Waals surface area contributed by atoms with Crippen molar-refractivity contribution in [2.24, 2.45) is 5.73 Å². The van der Waals surface area contributed by atoms with Gasteiger partial charge in [0, 0.05) is 12.6 Å². The van der Waals surface area contributed by atoms with Crippen LogP contribution in [0.2, 0.25) is 0 Å². The van der Waals surface area contributed by atoms with Gasteiger partial charge in [0.15, 0.2) is 0 Å². The molecule has 0 fully saturated rings. The number of rotatable bonds is 3. The van der Waals surface area contributed by atoms with Gasteiger partial charge in [-0.25, -0.2) is 4.98 Å². The van der Waals surface area contributed by atoms with Gasteiger partial charge < -0.3 is 10.1 Å². The summed E-state index contributed by atoms with van der Waals surface area (Å²) in [5, 5.41) is 8.77. The molecule has 0 saturated heterocycles. The molecule has 0 unspecified atom stereocenters. The molecule has 76 valence electrons. The third kappa shape index (κ3) is 1.69. The van der Waals surface area contributed by atoms with Gasteiger partial charge in [-0.3, -0.25) is 0 Å². The highest BCUT2D eigenvalue weighted by molar-refractivity contribution is 5.43. The molecule has 0 aliphatic rings. The summed E-state index contributed by atoms with van der Waals surface area (Å²) in [4.78, 5) is 4.45. The normalized spacial score (nSPS) is 10.4. The van der Waals surface area contributed by atoms with E-state index in [0.29, 0.717) is 13.0 Å². The zero-order valence-electron chi connectivity index (χ0n) is 8.35. The van der Waals surface area contributed by atoms with Crippen molar-refractivity contribution >= 4 is 5.65 Å². The van der Waals surface area contributed by atoms with E-state index in [1.807, 2.05) is 28.8 Å². The Balaban J connectivity index is 2.59. The number of fused-ring (bicyclic) bond motifs is 1. The van der Waals surface area contributed by atoms with E-state index in [9.17, 15) is 0 Å². The van der Waals surface area contributed by atoms with Crippen LogP contribution >= 0.6 is 0 Å². The highest BCUT2D eigenvalue weighted by Gasteiger charge is 2.09. The first-order valence-electron chi connectivity index (χ1n) is 4.88. The lowest BCUT2D eigenvalue weighted by atomic mass is 10.2. The number of pyridine rings is 1. The van der Waals surface area contributed by atoms with Crippen LogP contribution in [0.1, 0.15) is 11.4 Å². The molecule has 0 atom stereocenters. The van der Waals surface area contributed by atoms with Gasteiger partial charge in [0.25, 0.3) is 0 Å². The first-order valence-corrected chi connectivity index (χ1v) is 4.88. The SMILES string of the molecule is N#CCc1c(CCN)nc2ccccn12. The molecular formula is C11H12N4. The van der Waals surface area contributed by atoms with E-state index in [1.165, 1.54) is 0 Å². The zero-order chi connectivity index (χ0) is 10.7. The van der Waals surface area contributed by atoms with Crippen molar-refractivity contribution in [3.63, 3.8) is 0 Å². The maximum absolute atomic E-state index is 8.77. The van der Waals surface area contributed by atoms with E-state index in [2.05, 4.69) is 11.1 Å². The standard InChI is InChI=1S/C11H12N4/c12-6-4-9-10(5-7-13)15-8-2-1-3-11(15)14-9/h1-3,8H,4-6,12H2. The molecule has 0 bridgehead atoms. The average Bonchev–Trinajstić information content (AvgIpc) is 2.59. The molecule has 0 aliphatic heterocycles. The molecule has 15 heavy (non-hydrogen) atoms. The number of nitrogens with zero attached hydrogens (tertiary/aromatic N) is 3. The molecular weight excluding hydrogens is 188 g/mol. The Hall–Kier alpha value is -1.86. The van der Waals surface area contributed by atoms with E-state index >= 15 is 0 Å². The largest absolute Gasteiger partial charge is 0.330 e. The molecule has 2 aromatic heterocycles. The van der Waals surface area contributed by atoms with Gasteiger partial charge in [0.1, 0.15) is 5.65 Å². The number of hydrogen-bond acceptors (Lipinski definition) is 3. The lowest BCUT2D eigenvalue weighted by Gasteiger charge is -1.98. The van der Waals surface area contributed by atoms with Gasteiger partial charge in [-0.1, -0.05) is 6.07 Å². The van der Waals surface area contributed by atoms with Crippen LogP contribution in [-0.2, 0) is 12.8 Å². The maximum atomic E-state index is 8.77. The summed E-state index contributed by atoms with van der Waals surface area (Å²) in [5.41, 5.74) is 8.29. The maximum Gasteiger partial charge on any atom is 0.137 e. The van der Waals surface area contributed by atoms with E-state index < -0.39 is 0 Å². The molecule has 2 heterocycles. The van der Waals surface area contributed by atoms with Crippen LogP contribution < -0.4 is 5.73 Å². The Labute approximate surface area is 88.0 Å². The molecule has 2 aromatic rings. The summed E-state index contributed by atoms with van der Waals surface area (Å²) >= 11 is 0. The summed E-state index contributed by atoms with van der Waals surface area (Å²) in [6.45, 7) is 0.558. The third-order valence-corrected chi connectivity index (χ3v) is 2.34. The smallest absolute Gasteiger partial charge is 0.137 e. The van der Waals surface area contributed by atoms with Crippen LogP contribution in [0.15, 0.2) is 24.4 Å². The molecule has 2 N–H and O–H groups in total. The number of hydrogen-bond donors (Lipinski definition) is 1. The first-order chi connectivity index (χ1) is 7.36. The quantitative estimate of drug-likeness (QED) is 0.800. The van der Waals surface area contributed by atoms with Crippen molar-refractivity contribution in [1.82, 2.24) is 9.38 Å². The highest BCUT2D eigenvalue weighted by Crippen LogP contribution is 2.13. The fourth-order valence-corrected chi connectivity index (χ4v) is 1.69. The van der Waals surface area contributed by atoms with Gasteiger partial charge in [-0.05, 0) is 18.7 Å². The van der Waals surface area contributed by atoms with Crippen LogP contribution in [0.25, 0.3) is 5.65 Å². The van der Waals surface area contributed by atoms with Crippen LogP contribution in [0.4, 0.5) is 0 Å². The Morgan fingerprint density at radius 3 is 3.07 bits per heavy atom. The monoisotopic (exact) mass is 200 g/mol. The topological polar surface area (TPSA) is 67.1 Å². The van der Waals surface area contributed by atoms with Crippen molar-refractivity contribution in [3.8, 4) is 6.07 Å². The third-order valence-electron chi connectivity index (χ3n) is 2.34. The van der Waals surface area contributed by atoms with Crippen LogP contribution in [0, 0.1) is 11.3 Å². The highest BCUT2D eigenvalue weighted by atomic mass is 15.0. The minimum Gasteiger partial charge on any atom is -0.330 e. The lowest BCUT2D eigenvalue weighted by Crippen LogP contribution is -2.05. The minimum atomic E-state index is 0.376. The van der Waals surface area contributed by atoms with Crippen LogP contribution in [-0.4, -0.2) is 15.9 Å². The van der Waals surface area contributed by atoms with Gasteiger partial charge in [0.05, 0.1) is 23.9 Å². The van der Waals surface area contributed by atoms with E-state index in [1.54, 1.807) is 0 Å². The van der Waals surface area contributed by atoms with E-state index in [-0.39, 0.29) is 0 Å². The van der Waals surface area contributed by atoms with Crippen LogP contribution in [0.5, 0.6) is 0 Å². The average molecular weight is 200 g/mol. The van der Waals surface area contributed by atoms with Crippen LogP contribution in [0.3, 0.4) is 0 Å². The lowest BCUT2D eigenvalue weighted by molar-refractivity contribution is 0.908. The van der Waals surface area contributed by atoms with Crippen molar-refractivity contribution in [3.05, 3.63) is 35.8 Å². The first kappa shape index (κ1) is 9.69. The summed E-state index contributed by atoms with van der Waals surface area (Å²) in [7, 11) is 0. The number of imidazole rings is 1. The van der Waals surface area contributed by atoms with E-state index in [4.69, 9.17) is 11.0 Å². The molecule has 0 saturated carbocycles. The molecule has 4 heteroatoms. The second kappa shape index (κ2) is 4.11. The fourth-order valence-electron chi connectivity index (χ4n) is 1.69. The van der Waals surface area contributed by atoms with Crippen molar-refractivity contribution in [2.45, 2.75) is 12.8 Å². The van der Waals surface area contributed by atoms with Gasteiger partial charge in [0.2, 0.25) is 0 Å². The minimum absolute atomic E-state index is 0.376.